The van der Waals surface area contributed by atoms with Crippen molar-refractivity contribution in [2.75, 3.05) is 13.2 Å². The number of aromatic nitrogens is 2. The predicted molar refractivity (Wildman–Crippen MR) is 104 cm³/mol. The molecule has 0 saturated heterocycles. The van der Waals surface area contributed by atoms with E-state index in [4.69, 9.17) is 9.47 Å². The molecule has 2 N–H and O–H groups in total. The van der Waals surface area contributed by atoms with E-state index in [1.54, 1.807) is 49.4 Å². The van der Waals surface area contributed by atoms with Crippen molar-refractivity contribution in [1.82, 2.24) is 20.6 Å². The molecule has 2 aromatic carbocycles. The Morgan fingerprint density at radius 2 is 1.69 bits per heavy atom. The van der Waals surface area contributed by atoms with Crippen molar-refractivity contribution in [3.63, 3.8) is 0 Å². The Kier molecular flexibility index (Phi) is 4.86. The van der Waals surface area contributed by atoms with Crippen LogP contribution in [0.5, 0.6) is 11.5 Å². The number of carbonyl (C=O) groups excluding carboxylic acids is 2. The molecule has 9 nitrogen and oxygen atoms in total. The molecule has 4 rings (SSSR count). The second kappa shape index (κ2) is 7.63. The van der Waals surface area contributed by atoms with Gasteiger partial charge in [0.1, 0.15) is 13.2 Å². The lowest BCUT2D eigenvalue weighted by Crippen LogP contribution is -2.42. The summed E-state index contributed by atoms with van der Waals surface area (Å²) in [7, 11) is 0. The summed E-state index contributed by atoms with van der Waals surface area (Å²) in [5, 5.41) is 4.92. The van der Waals surface area contributed by atoms with Crippen LogP contribution in [0.3, 0.4) is 0 Å². The van der Waals surface area contributed by atoms with E-state index in [1.807, 2.05) is 0 Å². The third kappa shape index (κ3) is 3.49. The molecule has 1 aromatic heterocycles. The van der Waals surface area contributed by atoms with Gasteiger partial charge in [0, 0.05) is 17.5 Å². The zero-order chi connectivity index (χ0) is 20.4. The monoisotopic (exact) mass is 394 g/mol. The maximum atomic E-state index is 12.7. The Morgan fingerprint density at radius 1 is 1.00 bits per heavy atom. The summed E-state index contributed by atoms with van der Waals surface area (Å²) in [6.45, 7) is 2.93. The van der Waals surface area contributed by atoms with E-state index >= 15 is 0 Å². The summed E-state index contributed by atoms with van der Waals surface area (Å²) in [5.74, 6) is -0.120. The van der Waals surface area contributed by atoms with Crippen molar-refractivity contribution in [3.05, 3.63) is 64.1 Å². The minimum atomic E-state index is -0.630. The average molecular weight is 394 g/mol. The first-order valence-corrected chi connectivity index (χ1v) is 9.08. The highest BCUT2D eigenvalue weighted by molar-refractivity contribution is 6.06. The quantitative estimate of drug-likeness (QED) is 0.647. The number of hydrogen-bond acceptors (Lipinski definition) is 6. The number of nitrogens with zero attached hydrogens (tertiary/aromatic N) is 2. The zero-order valence-corrected chi connectivity index (χ0v) is 15.6. The van der Waals surface area contributed by atoms with Crippen molar-refractivity contribution >= 4 is 22.6 Å². The fourth-order valence-corrected chi connectivity index (χ4v) is 3.05. The Balaban J connectivity index is 1.55. The molecule has 0 bridgehead atoms. The number of fused-ring (bicyclic) bond motifs is 2. The molecule has 3 aromatic rings. The normalized spacial score (nSPS) is 12.4. The van der Waals surface area contributed by atoms with E-state index in [9.17, 15) is 14.4 Å². The van der Waals surface area contributed by atoms with Crippen LogP contribution in [0.2, 0.25) is 0 Å². The molecule has 0 radical (unpaired) electrons. The molecule has 1 aliphatic heterocycles. The lowest BCUT2D eigenvalue weighted by molar-refractivity contribution is 0.0843. The van der Waals surface area contributed by atoms with Crippen LogP contribution in [0.15, 0.2) is 47.3 Å². The van der Waals surface area contributed by atoms with Gasteiger partial charge < -0.3 is 9.47 Å². The second-order valence-electron chi connectivity index (χ2n) is 6.28. The molecule has 29 heavy (non-hydrogen) atoms. The topological polar surface area (TPSA) is 112 Å². The molecule has 9 heteroatoms. The molecule has 1 aliphatic rings. The minimum absolute atomic E-state index is 0.0459. The van der Waals surface area contributed by atoms with E-state index in [0.717, 1.165) is 0 Å². The zero-order valence-electron chi connectivity index (χ0n) is 15.6. The van der Waals surface area contributed by atoms with Gasteiger partial charge in [0.15, 0.2) is 17.2 Å². The van der Waals surface area contributed by atoms with E-state index in [2.05, 4.69) is 16.0 Å². The van der Waals surface area contributed by atoms with Crippen molar-refractivity contribution in [2.24, 2.45) is 0 Å². The summed E-state index contributed by atoms with van der Waals surface area (Å²) < 4.78 is 12.1. The lowest BCUT2D eigenvalue weighted by Gasteiger charge is -2.18. The number of amides is 2. The molecule has 0 spiro atoms. The van der Waals surface area contributed by atoms with Gasteiger partial charge in [0.25, 0.3) is 17.4 Å². The summed E-state index contributed by atoms with van der Waals surface area (Å²) in [5.41, 5.74) is 4.78. The summed E-state index contributed by atoms with van der Waals surface area (Å²) in [6.07, 6.45) is 0. The van der Waals surface area contributed by atoms with Crippen LogP contribution in [-0.2, 0) is 6.54 Å². The molecule has 2 amide bonds. The number of rotatable bonds is 3. The molecule has 0 aliphatic carbocycles. The van der Waals surface area contributed by atoms with Crippen LogP contribution in [0, 0.1) is 0 Å². The fourth-order valence-electron chi connectivity index (χ4n) is 3.05. The first-order chi connectivity index (χ1) is 14.1. The van der Waals surface area contributed by atoms with Crippen LogP contribution in [0.25, 0.3) is 10.8 Å². The number of aryl methyl sites for hydroxylation is 1. The molecule has 148 valence electrons. The minimum Gasteiger partial charge on any atom is -0.486 e. The lowest BCUT2D eigenvalue weighted by atomic mass is 10.1. The third-order valence-electron chi connectivity index (χ3n) is 4.48. The maximum Gasteiger partial charge on any atom is 0.290 e. The Hall–Kier alpha value is -3.88. The van der Waals surface area contributed by atoms with Crippen LogP contribution >= 0.6 is 0 Å². The molecule has 0 unspecified atom stereocenters. The SMILES string of the molecule is CCn1nc(C(=O)NNC(=O)c2ccc3c(c2)OCCO3)c2ccccc2c1=O. The van der Waals surface area contributed by atoms with Gasteiger partial charge in [-0.25, -0.2) is 4.68 Å². The van der Waals surface area contributed by atoms with E-state index in [0.29, 0.717) is 47.6 Å². The van der Waals surface area contributed by atoms with Crippen molar-refractivity contribution < 1.29 is 19.1 Å². The Morgan fingerprint density at radius 3 is 2.45 bits per heavy atom. The van der Waals surface area contributed by atoms with Gasteiger partial charge in [-0.05, 0) is 31.2 Å². The number of hydrazine groups is 1. The summed E-state index contributed by atoms with van der Waals surface area (Å²) in [4.78, 5) is 37.4. The highest BCUT2D eigenvalue weighted by Gasteiger charge is 2.18. The summed E-state index contributed by atoms with van der Waals surface area (Å²) in [6, 6.07) is 11.5. The first-order valence-electron chi connectivity index (χ1n) is 9.08. The molecular formula is C20H18N4O5. The number of carbonyl (C=O) groups is 2. The fraction of sp³-hybridized carbons (Fsp3) is 0.200. The Labute approximate surface area is 165 Å². The van der Waals surface area contributed by atoms with Crippen LogP contribution in [0.4, 0.5) is 0 Å². The number of nitrogens with one attached hydrogen (secondary N) is 2. The van der Waals surface area contributed by atoms with Crippen LogP contribution in [0.1, 0.15) is 27.8 Å². The number of benzene rings is 2. The second-order valence-corrected chi connectivity index (χ2v) is 6.28. The number of ether oxygens (including phenoxy) is 2. The predicted octanol–water partition coefficient (Wildman–Crippen LogP) is 1.26. The number of hydrogen-bond donors (Lipinski definition) is 2. The van der Waals surface area contributed by atoms with Gasteiger partial charge in [0.05, 0.1) is 5.39 Å². The van der Waals surface area contributed by atoms with Gasteiger partial charge in [-0.1, -0.05) is 18.2 Å². The smallest absolute Gasteiger partial charge is 0.290 e. The van der Waals surface area contributed by atoms with Gasteiger partial charge in [-0.3, -0.25) is 25.2 Å². The molecule has 2 heterocycles. The van der Waals surface area contributed by atoms with Gasteiger partial charge >= 0.3 is 0 Å². The van der Waals surface area contributed by atoms with Crippen molar-refractivity contribution in [3.8, 4) is 11.5 Å². The molecule has 0 saturated carbocycles. The van der Waals surface area contributed by atoms with Crippen LogP contribution < -0.4 is 25.9 Å². The molecular weight excluding hydrogens is 376 g/mol. The maximum absolute atomic E-state index is 12.7. The van der Waals surface area contributed by atoms with E-state index < -0.39 is 11.8 Å². The highest BCUT2D eigenvalue weighted by Crippen LogP contribution is 2.30. The van der Waals surface area contributed by atoms with Crippen molar-refractivity contribution in [1.29, 1.82) is 0 Å². The Bertz CT molecular complexity index is 1170. The largest absolute Gasteiger partial charge is 0.486 e. The van der Waals surface area contributed by atoms with E-state index in [1.165, 1.54) is 4.68 Å². The van der Waals surface area contributed by atoms with Gasteiger partial charge in [-0.2, -0.15) is 5.10 Å². The first kappa shape index (κ1) is 18.5. The van der Waals surface area contributed by atoms with Crippen molar-refractivity contribution in [2.45, 2.75) is 13.5 Å². The van der Waals surface area contributed by atoms with Crippen LogP contribution in [-0.4, -0.2) is 34.8 Å². The van der Waals surface area contributed by atoms with Gasteiger partial charge in [0.2, 0.25) is 0 Å². The van der Waals surface area contributed by atoms with Gasteiger partial charge in [-0.15, -0.1) is 0 Å². The summed E-state index contributed by atoms with van der Waals surface area (Å²) >= 11 is 0. The van der Waals surface area contributed by atoms with E-state index in [-0.39, 0.29) is 11.3 Å². The third-order valence-corrected chi connectivity index (χ3v) is 4.48. The highest BCUT2D eigenvalue weighted by atomic mass is 16.6. The molecule has 0 atom stereocenters. The standard InChI is InChI=1S/C20H18N4O5/c1-2-24-20(27)14-6-4-3-5-13(14)17(23-24)19(26)22-21-18(25)12-7-8-15-16(11-12)29-10-9-28-15/h3-8,11H,2,9-10H2,1H3,(H,21,25)(H,22,26). The average Bonchev–Trinajstić information content (AvgIpc) is 2.77. The molecule has 0 fully saturated rings.